The summed E-state index contributed by atoms with van der Waals surface area (Å²) in [4.78, 5) is 0. The summed E-state index contributed by atoms with van der Waals surface area (Å²) in [5.74, 6) is 6.20. The third-order valence-electron chi connectivity index (χ3n) is 1.93. The zero-order chi connectivity index (χ0) is 10.4. The summed E-state index contributed by atoms with van der Waals surface area (Å²) in [7, 11) is 1.93. The molecule has 0 fully saturated rings. The van der Waals surface area contributed by atoms with E-state index in [1.165, 1.54) is 0 Å². The van der Waals surface area contributed by atoms with Crippen LogP contribution in [0.5, 0.6) is 0 Å². The first-order valence-corrected chi connectivity index (χ1v) is 5.00. The van der Waals surface area contributed by atoms with Gasteiger partial charge in [0.15, 0.2) is 0 Å². The number of rotatable bonds is 3. The van der Waals surface area contributed by atoms with Gasteiger partial charge in [-0.25, -0.2) is 0 Å². The summed E-state index contributed by atoms with van der Waals surface area (Å²) in [5, 5.41) is 7.48. The molecular weight excluding hydrogens is 174 g/mol. The van der Waals surface area contributed by atoms with Gasteiger partial charge in [0.2, 0.25) is 0 Å². The summed E-state index contributed by atoms with van der Waals surface area (Å²) in [5.41, 5.74) is 2.13. The molecule has 0 amide bonds. The maximum absolute atomic E-state index is 4.32. The molecule has 0 aliphatic rings. The Morgan fingerprint density at radius 1 is 1.50 bits per heavy atom. The number of hydrogen-bond donors (Lipinski definition) is 1. The van der Waals surface area contributed by atoms with E-state index in [1.807, 2.05) is 17.9 Å². The predicted molar refractivity (Wildman–Crippen MR) is 58.0 cm³/mol. The molecule has 14 heavy (non-hydrogen) atoms. The Labute approximate surface area is 85.5 Å². The molecular formula is C11H17N3. The molecule has 1 heterocycles. The van der Waals surface area contributed by atoms with Crippen molar-refractivity contribution in [3.63, 3.8) is 0 Å². The van der Waals surface area contributed by atoms with Gasteiger partial charge in [-0.2, -0.15) is 5.10 Å². The smallest absolute Gasteiger partial charge is 0.0778 e. The second-order valence-electron chi connectivity index (χ2n) is 3.10. The normalized spacial score (nSPS) is 9.64. The van der Waals surface area contributed by atoms with E-state index >= 15 is 0 Å². The van der Waals surface area contributed by atoms with Crippen LogP contribution in [0.15, 0.2) is 6.20 Å². The SMILES string of the molecule is CCNCC#Cc1cn(C)nc1CC. The van der Waals surface area contributed by atoms with Gasteiger partial charge in [0.25, 0.3) is 0 Å². The van der Waals surface area contributed by atoms with Crippen LogP contribution in [0.2, 0.25) is 0 Å². The van der Waals surface area contributed by atoms with Gasteiger partial charge < -0.3 is 5.32 Å². The molecule has 76 valence electrons. The maximum atomic E-state index is 4.32. The van der Waals surface area contributed by atoms with Crippen LogP contribution in [0.25, 0.3) is 0 Å². The summed E-state index contributed by atoms with van der Waals surface area (Å²) in [6.07, 6.45) is 2.91. The van der Waals surface area contributed by atoms with Gasteiger partial charge in [-0.1, -0.05) is 25.7 Å². The summed E-state index contributed by atoms with van der Waals surface area (Å²) in [6, 6.07) is 0. The van der Waals surface area contributed by atoms with Crippen molar-refractivity contribution in [3.8, 4) is 11.8 Å². The third-order valence-corrected chi connectivity index (χ3v) is 1.93. The number of aryl methyl sites for hydroxylation is 2. The van der Waals surface area contributed by atoms with Crippen molar-refractivity contribution in [1.82, 2.24) is 15.1 Å². The van der Waals surface area contributed by atoms with E-state index in [-0.39, 0.29) is 0 Å². The highest BCUT2D eigenvalue weighted by Crippen LogP contribution is 2.04. The quantitative estimate of drug-likeness (QED) is 0.569. The van der Waals surface area contributed by atoms with Crippen molar-refractivity contribution in [3.05, 3.63) is 17.5 Å². The molecule has 1 rings (SSSR count). The van der Waals surface area contributed by atoms with Crippen LogP contribution in [0, 0.1) is 11.8 Å². The van der Waals surface area contributed by atoms with Gasteiger partial charge in [0.1, 0.15) is 0 Å². The average molecular weight is 191 g/mol. The van der Waals surface area contributed by atoms with Crippen LogP contribution < -0.4 is 5.32 Å². The molecule has 0 atom stereocenters. The molecule has 1 aromatic rings. The molecule has 0 spiro atoms. The number of aromatic nitrogens is 2. The van der Waals surface area contributed by atoms with Gasteiger partial charge >= 0.3 is 0 Å². The minimum Gasteiger partial charge on any atom is -0.306 e. The topological polar surface area (TPSA) is 29.9 Å². The van der Waals surface area contributed by atoms with Crippen LogP contribution in [0.1, 0.15) is 25.1 Å². The second-order valence-corrected chi connectivity index (χ2v) is 3.10. The lowest BCUT2D eigenvalue weighted by Gasteiger charge is -1.90. The minimum atomic E-state index is 0.745. The van der Waals surface area contributed by atoms with Crippen molar-refractivity contribution in [2.24, 2.45) is 7.05 Å². The largest absolute Gasteiger partial charge is 0.306 e. The predicted octanol–water partition coefficient (Wildman–Crippen LogP) is 0.943. The van der Waals surface area contributed by atoms with Crippen molar-refractivity contribution in [1.29, 1.82) is 0 Å². The van der Waals surface area contributed by atoms with Crippen LogP contribution in [-0.4, -0.2) is 22.9 Å². The Bertz CT molecular complexity index is 341. The van der Waals surface area contributed by atoms with Crippen molar-refractivity contribution in [2.45, 2.75) is 20.3 Å². The van der Waals surface area contributed by atoms with Crippen LogP contribution in [0.4, 0.5) is 0 Å². The Morgan fingerprint density at radius 3 is 2.93 bits per heavy atom. The molecule has 3 heteroatoms. The summed E-state index contributed by atoms with van der Waals surface area (Å²) in [6.45, 7) is 5.87. The lowest BCUT2D eigenvalue weighted by atomic mass is 10.2. The first-order chi connectivity index (χ1) is 6.77. The van der Waals surface area contributed by atoms with Gasteiger partial charge in [-0.05, 0) is 13.0 Å². The van der Waals surface area contributed by atoms with E-state index < -0.39 is 0 Å². The zero-order valence-electron chi connectivity index (χ0n) is 9.09. The molecule has 0 aliphatic carbocycles. The highest BCUT2D eigenvalue weighted by atomic mass is 15.2. The highest BCUT2D eigenvalue weighted by Gasteiger charge is 2.01. The van der Waals surface area contributed by atoms with Crippen LogP contribution in [-0.2, 0) is 13.5 Å². The lowest BCUT2D eigenvalue weighted by molar-refractivity contribution is 0.746. The monoisotopic (exact) mass is 191 g/mol. The van der Waals surface area contributed by atoms with Crippen molar-refractivity contribution < 1.29 is 0 Å². The fraction of sp³-hybridized carbons (Fsp3) is 0.545. The van der Waals surface area contributed by atoms with Crippen LogP contribution >= 0.6 is 0 Å². The van der Waals surface area contributed by atoms with Gasteiger partial charge in [0, 0.05) is 13.2 Å². The molecule has 1 aromatic heterocycles. The number of nitrogens with one attached hydrogen (secondary N) is 1. The van der Waals surface area contributed by atoms with Crippen LogP contribution in [0.3, 0.4) is 0 Å². The summed E-state index contributed by atoms with van der Waals surface area (Å²) < 4.78 is 1.82. The van der Waals surface area contributed by atoms with E-state index in [4.69, 9.17) is 0 Å². The van der Waals surface area contributed by atoms with E-state index in [1.54, 1.807) is 0 Å². The maximum Gasteiger partial charge on any atom is 0.0778 e. The fourth-order valence-electron chi connectivity index (χ4n) is 1.23. The second kappa shape index (κ2) is 5.46. The van der Waals surface area contributed by atoms with E-state index in [0.717, 1.165) is 30.8 Å². The zero-order valence-corrected chi connectivity index (χ0v) is 9.09. The number of hydrogen-bond acceptors (Lipinski definition) is 2. The Hall–Kier alpha value is -1.27. The molecule has 1 N–H and O–H groups in total. The fourth-order valence-corrected chi connectivity index (χ4v) is 1.23. The molecule has 0 aromatic carbocycles. The van der Waals surface area contributed by atoms with Crippen molar-refractivity contribution in [2.75, 3.05) is 13.1 Å². The number of nitrogens with zero attached hydrogens (tertiary/aromatic N) is 2. The lowest BCUT2D eigenvalue weighted by Crippen LogP contribution is -2.11. The first kappa shape index (κ1) is 10.8. The molecule has 0 saturated carbocycles. The molecule has 0 radical (unpaired) electrons. The first-order valence-electron chi connectivity index (χ1n) is 5.00. The van der Waals surface area contributed by atoms with Gasteiger partial charge in [-0.15, -0.1) is 0 Å². The Morgan fingerprint density at radius 2 is 2.29 bits per heavy atom. The molecule has 0 aliphatic heterocycles. The molecule has 0 saturated heterocycles. The standard InChI is InChI=1S/C11H17N3/c1-4-11-10(9-14(3)13-11)7-6-8-12-5-2/h9,12H,4-5,8H2,1-3H3. The Balaban J connectivity index is 2.67. The molecule has 0 unspecified atom stereocenters. The van der Waals surface area contributed by atoms with E-state index in [2.05, 4.69) is 36.1 Å². The molecule has 0 bridgehead atoms. The minimum absolute atomic E-state index is 0.745. The highest BCUT2D eigenvalue weighted by molar-refractivity contribution is 5.36. The Kier molecular flexibility index (Phi) is 4.21. The summed E-state index contributed by atoms with van der Waals surface area (Å²) >= 11 is 0. The van der Waals surface area contributed by atoms with E-state index in [9.17, 15) is 0 Å². The van der Waals surface area contributed by atoms with Crippen molar-refractivity contribution >= 4 is 0 Å². The van der Waals surface area contributed by atoms with Gasteiger partial charge in [0.05, 0.1) is 17.8 Å². The third kappa shape index (κ3) is 2.90. The van der Waals surface area contributed by atoms with E-state index in [0.29, 0.717) is 0 Å². The average Bonchev–Trinajstić information content (AvgIpc) is 2.54. The van der Waals surface area contributed by atoms with Gasteiger partial charge in [-0.3, -0.25) is 4.68 Å². The molecule has 3 nitrogen and oxygen atoms in total.